The van der Waals surface area contributed by atoms with Gasteiger partial charge in [-0.05, 0) is 26.7 Å². The predicted molar refractivity (Wildman–Crippen MR) is 73.1 cm³/mol. The first-order chi connectivity index (χ1) is 8.25. The minimum atomic E-state index is -3.31. The van der Waals surface area contributed by atoms with Crippen LogP contribution in [0.3, 0.4) is 0 Å². The number of hydrogen-bond acceptors (Lipinski definition) is 4. The largest absolute Gasteiger partial charge is 0.380 e. The van der Waals surface area contributed by atoms with Crippen LogP contribution in [0.25, 0.3) is 0 Å². The molecule has 0 aliphatic carbocycles. The van der Waals surface area contributed by atoms with Gasteiger partial charge in [-0.1, -0.05) is 13.8 Å². The van der Waals surface area contributed by atoms with E-state index in [1.54, 1.807) is 6.92 Å². The third-order valence-electron chi connectivity index (χ3n) is 3.17. The predicted octanol–water partition coefficient (Wildman–Crippen LogP) is 0.861. The second-order valence-electron chi connectivity index (χ2n) is 5.74. The zero-order valence-corrected chi connectivity index (χ0v) is 12.6. The van der Waals surface area contributed by atoms with Crippen molar-refractivity contribution in [2.45, 2.75) is 57.4 Å². The Kier molecular flexibility index (Phi) is 5.58. The molecule has 1 saturated heterocycles. The number of ether oxygens (including phenoxy) is 1. The van der Waals surface area contributed by atoms with Crippen LogP contribution in [0.4, 0.5) is 0 Å². The molecule has 0 amide bonds. The average molecular weight is 278 g/mol. The van der Waals surface area contributed by atoms with Crippen LogP contribution in [0.2, 0.25) is 0 Å². The summed E-state index contributed by atoms with van der Waals surface area (Å²) in [4.78, 5) is 0. The van der Waals surface area contributed by atoms with E-state index in [1.165, 1.54) is 0 Å². The Morgan fingerprint density at radius 1 is 1.33 bits per heavy atom. The molecule has 1 aliphatic heterocycles. The number of rotatable bonds is 6. The molecule has 2 N–H and O–H groups in total. The van der Waals surface area contributed by atoms with Crippen LogP contribution in [0, 0.1) is 0 Å². The molecule has 0 spiro atoms. The molecule has 0 aromatic heterocycles. The zero-order valence-electron chi connectivity index (χ0n) is 11.8. The Labute approximate surface area is 111 Å². The highest BCUT2D eigenvalue weighted by Crippen LogP contribution is 2.20. The van der Waals surface area contributed by atoms with Gasteiger partial charge in [0.05, 0.1) is 17.4 Å². The van der Waals surface area contributed by atoms with E-state index < -0.39 is 20.8 Å². The standard InChI is InChI=1S/C12H26N2O3S/c1-10(2)13-8-11(3)18(15,16)14-12(4)6-5-7-17-9-12/h10-11,13-14H,5-9H2,1-4H3. The fourth-order valence-electron chi connectivity index (χ4n) is 1.97. The Balaban J connectivity index is 2.57. The van der Waals surface area contributed by atoms with Gasteiger partial charge < -0.3 is 10.1 Å². The Morgan fingerprint density at radius 2 is 2.00 bits per heavy atom. The molecule has 0 radical (unpaired) electrons. The van der Waals surface area contributed by atoms with E-state index in [-0.39, 0.29) is 6.04 Å². The zero-order chi connectivity index (χ0) is 13.8. The molecule has 6 heteroatoms. The molecule has 108 valence electrons. The molecule has 0 aromatic rings. The molecule has 0 saturated carbocycles. The summed E-state index contributed by atoms with van der Waals surface area (Å²) >= 11 is 0. The molecule has 2 atom stereocenters. The first kappa shape index (κ1) is 15.9. The number of sulfonamides is 1. The molecule has 0 bridgehead atoms. The van der Waals surface area contributed by atoms with Crippen LogP contribution in [0.5, 0.6) is 0 Å². The summed E-state index contributed by atoms with van der Waals surface area (Å²) in [7, 11) is -3.31. The van der Waals surface area contributed by atoms with E-state index in [0.717, 1.165) is 19.4 Å². The van der Waals surface area contributed by atoms with E-state index in [0.29, 0.717) is 13.2 Å². The highest BCUT2D eigenvalue weighted by atomic mass is 32.2. The fourth-order valence-corrected chi connectivity index (χ4v) is 3.33. The smallest absolute Gasteiger partial charge is 0.216 e. The SMILES string of the molecule is CC(C)NCC(C)S(=O)(=O)NC1(C)CCCOC1. The van der Waals surface area contributed by atoms with Gasteiger partial charge in [0.1, 0.15) is 0 Å². The summed E-state index contributed by atoms with van der Waals surface area (Å²) in [6.45, 7) is 9.28. The van der Waals surface area contributed by atoms with Crippen molar-refractivity contribution in [2.75, 3.05) is 19.8 Å². The van der Waals surface area contributed by atoms with Crippen LogP contribution in [-0.2, 0) is 14.8 Å². The third-order valence-corrected chi connectivity index (χ3v) is 5.17. The molecule has 1 fully saturated rings. The fraction of sp³-hybridized carbons (Fsp3) is 1.00. The maximum Gasteiger partial charge on any atom is 0.216 e. The summed E-state index contributed by atoms with van der Waals surface area (Å²) in [5.41, 5.74) is -0.455. The van der Waals surface area contributed by atoms with Gasteiger partial charge in [0.15, 0.2) is 0 Å². The highest BCUT2D eigenvalue weighted by molar-refractivity contribution is 7.90. The molecule has 0 aromatic carbocycles. The van der Waals surface area contributed by atoms with Gasteiger partial charge in [-0.3, -0.25) is 0 Å². The molecule has 2 unspecified atom stereocenters. The number of nitrogens with one attached hydrogen (secondary N) is 2. The second kappa shape index (κ2) is 6.32. The highest BCUT2D eigenvalue weighted by Gasteiger charge is 2.34. The Morgan fingerprint density at radius 3 is 2.50 bits per heavy atom. The lowest BCUT2D eigenvalue weighted by Gasteiger charge is -2.35. The van der Waals surface area contributed by atoms with Crippen molar-refractivity contribution in [3.63, 3.8) is 0 Å². The average Bonchev–Trinajstić information content (AvgIpc) is 2.25. The third kappa shape index (κ3) is 4.84. The summed E-state index contributed by atoms with van der Waals surface area (Å²) < 4.78 is 32.6. The summed E-state index contributed by atoms with van der Waals surface area (Å²) in [5.74, 6) is 0. The van der Waals surface area contributed by atoms with Gasteiger partial charge in [-0.2, -0.15) is 0 Å². The van der Waals surface area contributed by atoms with Crippen molar-refractivity contribution in [1.82, 2.24) is 10.0 Å². The topological polar surface area (TPSA) is 67.4 Å². The minimum absolute atomic E-state index is 0.288. The molecule has 1 rings (SSSR count). The lowest BCUT2D eigenvalue weighted by molar-refractivity contribution is 0.0385. The van der Waals surface area contributed by atoms with Crippen molar-refractivity contribution in [1.29, 1.82) is 0 Å². The van der Waals surface area contributed by atoms with E-state index in [1.807, 2.05) is 20.8 Å². The minimum Gasteiger partial charge on any atom is -0.380 e. The maximum absolute atomic E-state index is 12.2. The van der Waals surface area contributed by atoms with E-state index in [4.69, 9.17) is 4.74 Å². The molecule has 1 heterocycles. The monoisotopic (exact) mass is 278 g/mol. The molecular formula is C12H26N2O3S. The van der Waals surface area contributed by atoms with Gasteiger partial charge in [0.25, 0.3) is 0 Å². The Hall–Kier alpha value is -0.170. The first-order valence-corrected chi connectivity index (χ1v) is 8.14. The van der Waals surface area contributed by atoms with Crippen molar-refractivity contribution in [3.05, 3.63) is 0 Å². The summed E-state index contributed by atoms with van der Waals surface area (Å²) in [6, 6.07) is 0.288. The van der Waals surface area contributed by atoms with Crippen LogP contribution in [-0.4, -0.2) is 45.0 Å². The van der Waals surface area contributed by atoms with Crippen molar-refractivity contribution >= 4 is 10.0 Å². The van der Waals surface area contributed by atoms with Crippen molar-refractivity contribution < 1.29 is 13.2 Å². The van der Waals surface area contributed by atoms with Crippen molar-refractivity contribution in [3.8, 4) is 0 Å². The molecular weight excluding hydrogens is 252 g/mol. The molecule has 5 nitrogen and oxygen atoms in total. The van der Waals surface area contributed by atoms with E-state index in [2.05, 4.69) is 10.0 Å². The second-order valence-corrected chi connectivity index (χ2v) is 7.84. The molecule has 1 aliphatic rings. The van der Waals surface area contributed by atoms with Crippen LogP contribution in [0.15, 0.2) is 0 Å². The van der Waals surface area contributed by atoms with Crippen molar-refractivity contribution in [2.24, 2.45) is 0 Å². The lowest BCUT2D eigenvalue weighted by atomic mass is 9.97. The quantitative estimate of drug-likeness (QED) is 0.756. The molecule has 18 heavy (non-hydrogen) atoms. The van der Waals surface area contributed by atoms with Gasteiger partial charge >= 0.3 is 0 Å². The maximum atomic E-state index is 12.2. The Bertz CT molecular complexity index is 348. The van der Waals surface area contributed by atoms with Gasteiger partial charge in [0.2, 0.25) is 10.0 Å². The number of hydrogen-bond donors (Lipinski definition) is 2. The first-order valence-electron chi connectivity index (χ1n) is 6.59. The van der Waals surface area contributed by atoms with E-state index in [9.17, 15) is 8.42 Å². The van der Waals surface area contributed by atoms with Crippen LogP contribution >= 0.6 is 0 Å². The normalized spacial score (nSPS) is 27.4. The van der Waals surface area contributed by atoms with Gasteiger partial charge in [0, 0.05) is 19.2 Å². The lowest BCUT2D eigenvalue weighted by Crippen LogP contribution is -2.54. The summed E-state index contributed by atoms with van der Waals surface area (Å²) in [6.07, 6.45) is 1.73. The van der Waals surface area contributed by atoms with Crippen LogP contribution in [0.1, 0.15) is 40.5 Å². The van der Waals surface area contributed by atoms with Gasteiger partial charge in [-0.25, -0.2) is 13.1 Å². The van der Waals surface area contributed by atoms with Gasteiger partial charge in [-0.15, -0.1) is 0 Å². The summed E-state index contributed by atoms with van der Waals surface area (Å²) in [5, 5.41) is 2.71. The van der Waals surface area contributed by atoms with E-state index >= 15 is 0 Å². The van der Waals surface area contributed by atoms with Crippen LogP contribution < -0.4 is 10.0 Å².